The van der Waals surface area contributed by atoms with Crippen LogP contribution >= 0.6 is 0 Å². The molecule has 0 aliphatic heterocycles. The fourth-order valence-electron chi connectivity index (χ4n) is 2.12. The summed E-state index contributed by atoms with van der Waals surface area (Å²) in [5, 5.41) is 8.90. The molecule has 126 valence electrons. The summed E-state index contributed by atoms with van der Waals surface area (Å²) in [5.74, 6) is 0. The van der Waals surface area contributed by atoms with Crippen molar-refractivity contribution >= 4 is 10.0 Å². The summed E-state index contributed by atoms with van der Waals surface area (Å²) in [7, 11) is -3.68. The fraction of sp³-hybridized carbons (Fsp3) is 0.278. The van der Waals surface area contributed by atoms with Crippen LogP contribution in [0, 0.1) is 11.3 Å². The van der Waals surface area contributed by atoms with Crippen molar-refractivity contribution in [1.29, 1.82) is 5.26 Å². The standard InChI is InChI=1S/C18H20N2O3S/c1-14(2)23-13-17-8-4-3-7-16(17)12-20-24(21,22)18-9-5-6-15(10-18)11-19/h3-10,14,20H,12-13H2,1-2H3. The molecule has 0 saturated heterocycles. The number of nitriles is 1. The highest BCUT2D eigenvalue weighted by Gasteiger charge is 2.15. The van der Waals surface area contributed by atoms with Crippen LogP contribution in [0.3, 0.4) is 0 Å². The fourth-order valence-corrected chi connectivity index (χ4v) is 3.17. The van der Waals surface area contributed by atoms with Crippen LogP contribution in [0.2, 0.25) is 0 Å². The number of benzene rings is 2. The van der Waals surface area contributed by atoms with Gasteiger partial charge < -0.3 is 4.74 Å². The molecule has 0 radical (unpaired) electrons. The van der Waals surface area contributed by atoms with E-state index in [4.69, 9.17) is 10.00 Å². The minimum atomic E-state index is -3.68. The summed E-state index contributed by atoms with van der Waals surface area (Å²) in [6, 6.07) is 15.4. The van der Waals surface area contributed by atoms with E-state index in [1.165, 1.54) is 12.1 Å². The minimum absolute atomic E-state index is 0.0810. The van der Waals surface area contributed by atoms with E-state index in [9.17, 15) is 8.42 Å². The van der Waals surface area contributed by atoms with Gasteiger partial charge >= 0.3 is 0 Å². The first-order valence-electron chi connectivity index (χ1n) is 7.60. The van der Waals surface area contributed by atoms with Crippen LogP contribution < -0.4 is 4.72 Å². The molecule has 0 spiro atoms. The second-order valence-electron chi connectivity index (χ2n) is 5.59. The van der Waals surface area contributed by atoms with E-state index in [2.05, 4.69) is 4.72 Å². The van der Waals surface area contributed by atoms with Crippen molar-refractivity contribution < 1.29 is 13.2 Å². The second-order valence-corrected chi connectivity index (χ2v) is 7.36. The third kappa shape index (κ3) is 4.90. The van der Waals surface area contributed by atoms with Crippen molar-refractivity contribution in [2.75, 3.05) is 0 Å². The van der Waals surface area contributed by atoms with E-state index < -0.39 is 10.0 Å². The molecule has 0 saturated carbocycles. The topological polar surface area (TPSA) is 79.2 Å². The Kier molecular flexibility index (Phi) is 6.10. The molecule has 5 nitrogen and oxygen atoms in total. The normalized spacial score (nSPS) is 11.4. The molecule has 0 fully saturated rings. The summed E-state index contributed by atoms with van der Waals surface area (Å²) in [6.45, 7) is 4.50. The second kappa shape index (κ2) is 8.06. The van der Waals surface area contributed by atoms with Gasteiger partial charge in [-0.05, 0) is 43.2 Å². The molecule has 2 rings (SSSR count). The highest BCUT2D eigenvalue weighted by Crippen LogP contribution is 2.14. The zero-order valence-electron chi connectivity index (χ0n) is 13.7. The maximum absolute atomic E-state index is 12.4. The maximum atomic E-state index is 12.4. The summed E-state index contributed by atoms with van der Waals surface area (Å²) in [4.78, 5) is 0.0810. The third-order valence-electron chi connectivity index (χ3n) is 3.42. The van der Waals surface area contributed by atoms with Crippen LogP contribution in [0.5, 0.6) is 0 Å². The Morgan fingerprint density at radius 1 is 1.12 bits per heavy atom. The Hall–Kier alpha value is -2.20. The first kappa shape index (κ1) is 18.1. The lowest BCUT2D eigenvalue weighted by Crippen LogP contribution is -2.24. The zero-order valence-corrected chi connectivity index (χ0v) is 14.5. The predicted octanol–water partition coefficient (Wildman–Crippen LogP) is 2.96. The van der Waals surface area contributed by atoms with Gasteiger partial charge in [-0.3, -0.25) is 0 Å². The van der Waals surface area contributed by atoms with E-state index in [0.29, 0.717) is 12.2 Å². The van der Waals surface area contributed by atoms with Crippen LogP contribution in [0.25, 0.3) is 0 Å². The molecule has 0 atom stereocenters. The molecule has 1 N–H and O–H groups in total. The molecule has 0 heterocycles. The number of nitrogens with one attached hydrogen (secondary N) is 1. The Balaban J connectivity index is 2.14. The molecule has 0 amide bonds. The molecule has 0 aliphatic rings. The number of hydrogen-bond donors (Lipinski definition) is 1. The lowest BCUT2D eigenvalue weighted by Gasteiger charge is -2.13. The predicted molar refractivity (Wildman–Crippen MR) is 91.5 cm³/mol. The number of sulfonamides is 1. The molecule has 0 aliphatic carbocycles. The lowest BCUT2D eigenvalue weighted by molar-refractivity contribution is 0.0652. The van der Waals surface area contributed by atoms with Gasteiger partial charge in [0, 0.05) is 6.54 Å². The maximum Gasteiger partial charge on any atom is 0.240 e. The van der Waals surface area contributed by atoms with Crippen molar-refractivity contribution in [3.8, 4) is 6.07 Å². The van der Waals surface area contributed by atoms with Gasteiger partial charge in [-0.1, -0.05) is 30.3 Å². The molecule has 2 aromatic carbocycles. The summed E-state index contributed by atoms with van der Waals surface area (Å²) < 4.78 is 33.0. The van der Waals surface area contributed by atoms with Crippen LogP contribution in [0.1, 0.15) is 30.5 Å². The Labute approximate surface area is 142 Å². The first-order chi connectivity index (χ1) is 11.4. The largest absolute Gasteiger partial charge is 0.374 e. The summed E-state index contributed by atoms with van der Waals surface area (Å²) in [5.41, 5.74) is 2.11. The Morgan fingerprint density at radius 2 is 1.83 bits per heavy atom. The molecule has 0 bridgehead atoms. The van der Waals surface area contributed by atoms with Crippen molar-refractivity contribution in [2.24, 2.45) is 0 Å². The van der Waals surface area contributed by atoms with Gasteiger partial charge in [-0.2, -0.15) is 5.26 Å². The number of hydrogen-bond acceptors (Lipinski definition) is 4. The SMILES string of the molecule is CC(C)OCc1ccccc1CNS(=O)(=O)c1cccc(C#N)c1. The molecule has 24 heavy (non-hydrogen) atoms. The number of rotatable bonds is 7. The smallest absolute Gasteiger partial charge is 0.240 e. The number of ether oxygens (including phenoxy) is 1. The minimum Gasteiger partial charge on any atom is -0.374 e. The zero-order chi connectivity index (χ0) is 17.6. The van der Waals surface area contributed by atoms with Gasteiger partial charge in [0.15, 0.2) is 0 Å². The van der Waals surface area contributed by atoms with Gasteiger partial charge in [-0.15, -0.1) is 0 Å². The average Bonchev–Trinajstić information content (AvgIpc) is 2.59. The van der Waals surface area contributed by atoms with Crippen molar-refractivity contribution in [2.45, 2.75) is 38.0 Å². The van der Waals surface area contributed by atoms with Crippen LogP contribution in [-0.2, 0) is 27.9 Å². The molecule has 6 heteroatoms. The summed E-state index contributed by atoms with van der Waals surface area (Å²) in [6.07, 6.45) is 0.100. The highest BCUT2D eigenvalue weighted by atomic mass is 32.2. The van der Waals surface area contributed by atoms with Gasteiger partial charge in [0.05, 0.1) is 29.2 Å². The average molecular weight is 344 g/mol. The van der Waals surface area contributed by atoms with E-state index in [1.807, 2.05) is 44.2 Å². The number of nitrogens with zero attached hydrogens (tertiary/aromatic N) is 1. The molecule has 0 unspecified atom stereocenters. The Morgan fingerprint density at radius 3 is 2.50 bits per heavy atom. The van der Waals surface area contributed by atoms with Crippen LogP contribution in [-0.4, -0.2) is 14.5 Å². The van der Waals surface area contributed by atoms with Gasteiger partial charge in [0.1, 0.15) is 0 Å². The molecular weight excluding hydrogens is 324 g/mol. The van der Waals surface area contributed by atoms with Crippen LogP contribution in [0.15, 0.2) is 53.4 Å². The molecular formula is C18H20N2O3S. The quantitative estimate of drug-likeness (QED) is 0.837. The van der Waals surface area contributed by atoms with Crippen molar-refractivity contribution in [3.63, 3.8) is 0 Å². The van der Waals surface area contributed by atoms with E-state index >= 15 is 0 Å². The van der Waals surface area contributed by atoms with E-state index in [-0.39, 0.29) is 17.5 Å². The van der Waals surface area contributed by atoms with Crippen molar-refractivity contribution in [1.82, 2.24) is 4.72 Å². The third-order valence-corrected chi connectivity index (χ3v) is 4.82. The summed E-state index contributed by atoms with van der Waals surface area (Å²) >= 11 is 0. The van der Waals surface area contributed by atoms with Gasteiger partial charge in [-0.25, -0.2) is 13.1 Å². The van der Waals surface area contributed by atoms with E-state index in [1.54, 1.807) is 12.1 Å². The van der Waals surface area contributed by atoms with Crippen LogP contribution in [0.4, 0.5) is 0 Å². The Bertz CT molecular complexity index is 839. The first-order valence-corrected chi connectivity index (χ1v) is 9.09. The monoisotopic (exact) mass is 344 g/mol. The van der Waals surface area contributed by atoms with Crippen molar-refractivity contribution in [3.05, 3.63) is 65.2 Å². The van der Waals surface area contributed by atoms with Gasteiger partial charge in [0.2, 0.25) is 10.0 Å². The lowest BCUT2D eigenvalue weighted by atomic mass is 10.1. The molecule has 2 aromatic rings. The molecule has 0 aromatic heterocycles. The van der Waals surface area contributed by atoms with Gasteiger partial charge in [0.25, 0.3) is 0 Å². The van der Waals surface area contributed by atoms with E-state index in [0.717, 1.165) is 11.1 Å². The highest BCUT2D eigenvalue weighted by molar-refractivity contribution is 7.89.